The van der Waals surface area contributed by atoms with Crippen LogP contribution in [0.4, 0.5) is 0 Å². The van der Waals surface area contributed by atoms with Crippen LogP contribution in [0.25, 0.3) is 0 Å². The summed E-state index contributed by atoms with van der Waals surface area (Å²) in [6.45, 7) is 12.1. The highest BCUT2D eigenvalue weighted by molar-refractivity contribution is 6.54. The van der Waals surface area contributed by atoms with E-state index in [4.69, 9.17) is 14.0 Å². The molecule has 1 aliphatic heterocycles. The minimum atomic E-state index is -0.482. The van der Waals surface area contributed by atoms with Crippen molar-refractivity contribution in [3.8, 4) is 0 Å². The first-order valence-corrected chi connectivity index (χ1v) is 6.40. The van der Waals surface area contributed by atoms with Gasteiger partial charge in [-0.1, -0.05) is 6.92 Å². The van der Waals surface area contributed by atoms with Crippen molar-refractivity contribution < 1.29 is 18.8 Å². The zero-order valence-electron chi connectivity index (χ0n) is 12.2. The van der Waals surface area contributed by atoms with Gasteiger partial charge >= 0.3 is 13.1 Å². The normalized spacial score (nSPS) is 22.1. The van der Waals surface area contributed by atoms with Crippen molar-refractivity contribution in [1.82, 2.24) is 0 Å². The number of esters is 1. The number of carbonyl (C=O) groups excluding carboxylic acids is 1. The molecule has 0 saturated carbocycles. The lowest BCUT2D eigenvalue weighted by molar-refractivity contribution is -0.137. The van der Waals surface area contributed by atoms with Gasteiger partial charge in [0.1, 0.15) is 0 Å². The molecule has 0 aliphatic carbocycles. The van der Waals surface area contributed by atoms with Crippen LogP contribution in [0.3, 0.4) is 0 Å². The van der Waals surface area contributed by atoms with Gasteiger partial charge in [0.25, 0.3) is 0 Å². The van der Waals surface area contributed by atoms with E-state index in [0.717, 1.165) is 11.9 Å². The maximum Gasteiger partial charge on any atom is 0.490 e. The van der Waals surface area contributed by atoms with E-state index >= 15 is 0 Å². The third-order valence-corrected chi connectivity index (χ3v) is 3.42. The summed E-state index contributed by atoms with van der Waals surface area (Å²) in [5.41, 5.74) is -0.0463. The zero-order valence-corrected chi connectivity index (χ0v) is 12.2. The van der Waals surface area contributed by atoms with Gasteiger partial charge in [0.15, 0.2) is 0 Å². The fourth-order valence-electron chi connectivity index (χ4n) is 1.53. The van der Waals surface area contributed by atoms with Crippen LogP contribution in [-0.4, -0.2) is 30.9 Å². The summed E-state index contributed by atoms with van der Waals surface area (Å²) < 4.78 is 16.7. The van der Waals surface area contributed by atoms with Crippen LogP contribution < -0.4 is 0 Å². The van der Waals surface area contributed by atoms with Gasteiger partial charge in [-0.05, 0) is 46.5 Å². The molecule has 102 valence electrons. The van der Waals surface area contributed by atoms with E-state index in [2.05, 4.69) is 0 Å². The van der Waals surface area contributed by atoms with Crippen molar-refractivity contribution in [3.05, 3.63) is 11.5 Å². The van der Waals surface area contributed by atoms with Crippen LogP contribution in [0.5, 0.6) is 0 Å². The van der Waals surface area contributed by atoms with E-state index in [1.165, 1.54) is 6.08 Å². The molecule has 0 amide bonds. The molecule has 1 fully saturated rings. The van der Waals surface area contributed by atoms with Crippen LogP contribution in [0.1, 0.15) is 48.0 Å². The quantitative estimate of drug-likeness (QED) is 0.439. The van der Waals surface area contributed by atoms with Crippen LogP contribution in [-0.2, 0) is 18.8 Å². The molecule has 0 radical (unpaired) electrons. The Morgan fingerprint density at radius 1 is 1.22 bits per heavy atom. The molecule has 0 bridgehead atoms. The van der Waals surface area contributed by atoms with E-state index in [1.54, 1.807) is 0 Å². The van der Waals surface area contributed by atoms with Crippen molar-refractivity contribution in [2.45, 2.75) is 59.2 Å². The third-order valence-electron chi connectivity index (χ3n) is 3.42. The highest BCUT2D eigenvalue weighted by atomic mass is 16.7. The molecule has 0 N–H and O–H groups in total. The van der Waals surface area contributed by atoms with Crippen LogP contribution in [0, 0.1) is 0 Å². The molecule has 18 heavy (non-hydrogen) atoms. The lowest BCUT2D eigenvalue weighted by Gasteiger charge is -2.32. The summed E-state index contributed by atoms with van der Waals surface area (Å²) in [7, 11) is -0.482. The minimum absolute atomic E-state index is 0.343. The van der Waals surface area contributed by atoms with Gasteiger partial charge in [0, 0.05) is 6.08 Å². The summed E-state index contributed by atoms with van der Waals surface area (Å²) in [5.74, 6) is -0.343. The molecule has 1 heterocycles. The Balaban J connectivity index is 2.67. The van der Waals surface area contributed by atoms with E-state index in [9.17, 15) is 4.79 Å². The highest BCUT2D eigenvalue weighted by Gasteiger charge is 2.51. The van der Waals surface area contributed by atoms with Gasteiger partial charge in [-0.15, -0.1) is 0 Å². The summed E-state index contributed by atoms with van der Waals surface area (Å²) in [5, 5.41) is 0. The fraction of sp³-hybridized carbons (Fsp3) is 0.769. The van der Waals surface area contributed by atoms with E-state index in [-0.39, 0.29) is 17.2 Å². The summed E-state index contributed by atoms with van der Waals surface area (Å²) in [6.07, 6.45) is 2.26. The van der Waals surface area contributed by atoms with Gasteiger partial charge in [-0.25, -0.2) is 4.79 Å². The zero-order chi connectivity index (χ0) is 14.0. The number of allylic oxidation sites excluding steroid dienone is 1. The van der Waals surface area contributed by atoms with Crippen LogP contribution >= 0.6 is 0 Å². The topological polar surface area (TPSA) is 44.8 Å². The Kier molecular flexibility index (Phi) is 4.62. The first kappa shape index (κ1) is 15.3. The van der Waals surface area contributed by atoms with Gasteiger partial charge in [-0.3, -0.25) is 0 Å². The lowest BCUT2D eigenvalue weighted by Crippen LogP contribution is -2.41. The number of rotatable bonds is 4. The van der Waals surface area contributed by atoms with E-state index in [0.29, 0.717) is 6.61 Å². The average Bonchev–Trinajstić information content (AvgIpc) is 2.45. The van der Waals surface area contributed by atoms with Gasteiger partial charge < -0.3 is 14.0 Å². The molecule has 0 aromatic rings. The SMILES string of the molecule is CCCOC(=O)/C=C(\C)B1OC(C)(C)C(C)(C)O1. The summed E-state index contributed by atoms with van der Waals surface area (Å²) >= 11 is 0. The van der Waals surface area contributed by atoms with Crippen molar-refractivity contribution >= 4 is 13.1 Å². The lowest BCUT2D eigenvalue weighted by atomic mass is 9.79. The van der Waals surface area contributed by atoms with Gasteiger partial charge in [0.2, 0.25) is 0 Å². The van der Waals surface area contributed by atoms with Gasteiger partial charge in [0.05, 0.1) is 17.8 Å². The van der Waals surface area contributed by atoms with Gasteiger partial charge in [-0.2, -0.15) is 0 Å². The van der Waals surface area contributed by atoms with E-state index < -0.39 is 7.12 Å². The number of hydrogen-bond acceptors (Lipinski definition) is 4. The van der Waals surface area contributed by atoms with Crippen LogP contribution in [0.2, 0.25) is 0 Å². The molecular weight excluding hydrogens is 231 g/mol. The summed E-state index contributed by atoms with van der Waals surface area (Å²) in [4.78, 5) is 11.5. The second-order valence-electron chi connectivity index (χ2n) is 5.64. The number of carbonyl (C=O) groups is 1. The molecule has 0 unspecified atom stereocenters. The van der Waals surface area contributed by atoms with Crippen molar-refractivity contribution in [2.75, 3.05) is 6.61 Å². The Morgan fingerprint density at radius 2 is 1.72 bits per heavy atom. The molecule has 1 rings (SSSR count). The second kappa shape index (κ2) is 5.45. The smallest absolute Gasteiger partial charge is 0.463 e. The standard InChI is InChI=1S/C13H23BO4/c1-7-8-16-11(15)9-10(2)14-17-12(3,4)13(5,6)18-14/h9H,7-8H2,1-6H3/b10-9+. The predicted octanol–water partition coefficient (Wildman–Crippen LogP) is 2.52. The molecule has 4 nitrogen and oxygen atoms in total. The maximum atomic E-state index is 11.5. The molecule has 0 aromatic carbocycles. The first-order chi connectivity index (χ1) is 8.19. The summed E-state index contributed by atoms with van der Waals surface area (Å²) in [6, 6.07) is 0. The van der Waals surface area contributed by atoms with Crippen molar-refractivity contribution in [3.63, 3.8) is 0 Å². The Hall–Kier alpha value is -0.805. The largest absolute Gasteiger partial charge is 0.490 e. The van der Waals surface area contributed by atoms with E-state index in [1.807, 2.05) is 41.5 Å². The monoisotopic (exact) mass is 254 g/mol. The second-order valence-corrected chi connectivity index (χ2v) is 5.64. The van der Waals surface area contributed by atoms with Crippen molar-refractivity contribution in [1.29, 1.82) is 0 Å². The molecule has 1 saturated heterocycles. The molecular formula is C13H23BO4. The molecule has 0 spiro atoms. The Morgan fingerprint density at radius 3 is 2.17 bits per heavy atom. The predicted molar refractivity (Wildman–Crippen MR) is 71.1 cm³/mol. The number of ether oxygens (including phenoxy) is 1. The van der Waals surface area contributed by atoms with Crippen molar-refractivity contribution in [2.24, 2.45) is 0 Å². The third kappa shape index (κ3) is 3.36. The highest BCUT2D eigenvalue weighted by Crippen LogP contribution is 2.38. The molecule has 5 heteroatoms. The fourth-order valence-corrected chi connectivity index (χ4v) is 1.53. The molecule has 0 atom stereocenters. The molecule has 0 aromatic heterocycles. The number of hydrogen-bond donors (Lipinski definition) is 0. The Bertz CT molecular complexity index is 331. The molecule has 1 aliphatic rings. The average molecular weight is 254 g/mol. The maximum absolute atomic E-state index is 11.5. The Labute approximate surface area is 110 Å². The minimum Gasteiger partial charge on any atom is -0.463 e. The van der Waals surface area contributed by atoms with Crippen LogP contribution in [0.15, 0.2) is 11.5 Å². The first-order valence-electron chi connectivity index (χ1n) is 6.40.